The molecule has 22 heavy (non-hydrogen) atoms. The zero-order valence-electron chi connectivity index (χ0n) is 12.0. The van der Waals surface area contributed by atoms with Crippen LogP contribution in [0.3, 0.4) is 0 Å². The number of esters is 1. The third kappa shape index (κ3) is 4.27. The molecule has 0 saturated heterocycles. The van der Waals surface area contributed by atoms with Crippen molar-refractivity contribution in [1.82, 2.24) is 14.9 Å². The Balaban J connectivity index is 1.91. The van der Waals surface area contributed by atoms with Gasteiger partial charge < -0.3 is 14.6 Å². The molecule has 7 nitrogen and oxygen atoms in total. The van der Waals surface area contributed by atoms with Crippen LogP contribution >= 0.6 is 0 Å². The number of nitrogens with zero attached hydrogens (tertiary/aromatic N) is 2. The fourth-order valence-corrected chi connectivity index (χ4v) is 1.79. The second-order valence-electron chi connectivity index (χ2n) is 4.49. The summed E-state index contributed by atoms with van der Waals surface area (Å²) in [6.07, 6.45) is 4.56. The van der Waals surface area contributed by atoms with Gasteiger partial charge in [-0.15, -0.1) is 0 Å². The van der Waals surface area contributed by atoms with E-state index in [0.717, 1.165) is 0 Å². The first-order valence-corrected chi connectivity index (χ1v) is 6.63. The van der Waals surface area contributed by atoms with Gasteiger partial charge in [0.25, 0.3) is 11.5 Å². The van der Waals surface area contributed by atoms with Gasteiger partial charge in [-0.3, -0.25) is 19.4 Å². The number of carbonyl (C=O) groups excluding carboxylic acids is 2. The van der Waals surface area contributed by atoms with E-state index in [1.54, 1.807) is 18.3 Å². The van der Waals surface area contributed by atoms with Gasteiger partial charge in [-0.1, -0.05) is 0 Å². The van der Waals surface area contributed by atoms with Crippen molar-refractivity contribution < 1.29 is 14.3 Å². The van der Waals surface area contributed by atoms with Crippen molar-refractivity contribution in [2.45, 2.75) is 13.5 Å². The monoisotopic (exact) mass is 301 g/mol. The van der Waals surface area contributed by atoms with Gasteiger partial charge in [-0.2, -0.15) is 0 Å². The van der Waals surface area contributed by atoms with Gasteiger partial charge >= 0.3 is 5.97 Å². The summed E-state index contributed by atoms with van der Waals surface area (Å²) in [5.74, 6) is -0.535. The molecule has 0 saturated carbocycles. The molecule has 2 heterocycles. The first-order valence-electron chi connectivity index (χ1n) is 6.63. The van der Waals surface area contributed by atoms with Crippen LogP contribution in [-0.2, 0) is 11.3 Å². The number of hydrogen-bond acceptors (Lipinski definition) is 5. The van der Waals surface area contributed by atoms with Crippen LogP contribution in [0.5, 0.6) is 5.75 Å². The zero-order chi connectivity index (χ0) is 15.9. The van der Waals surface area contributed by atoms with E-state index in [-0.39, 0.29) is 17.2 Å². The Bertz CT molecular complexity index is 725. The molecule has 7 heteroatoms. The molecule has 1 N–H and O–H groups in total. The minimum absolute atomic E-state index is 0.202. The van der Waals surface area contributed by atoms with E-state index in [2.05, 4.69) is 10.3 Å². The predicted octanol–water partition coefficient (Wildman–Crippen LogP) is 0.599. The number of rotatable bonds is 5. The highest BCUT2D eigenvalue weighted by Crippen LogP contribution is 2.05. The summed E-state index contributed by atoms with van der Waals surface area (Å²) >= 11 is 0. The van der Waals surface area contributed by atoms with Crippen LogP contribution in [0, 0.1) is 0 Å². The van der Waals surface area contributed by atoms with E-state index in [1.165, 1.54) is 36.0 Å². The smallest absolute Gasteiger partial charge is 0.308 e. The maximum atomic E-state index is 11.8. The quantitative estimate of drug-likeness (QED) is 0.817. The Labute approximate surface area is 126 Å². The highest BCUT2D eigenvalue weighted by atomic mass is 16.5. The molecule has 0 unspecified atom stereocenters. The standard InChI is InChI=1S/C15H15N3O4/c1-11(19)22-13-4-7-18(14(20)9-13)8-6-17-15(21)12-3-2-5-16-10-12/h2-5,7,9-10H,6,8H2,1H3,(H,17,21). The number of amides is 1. The third-order valence-electron chi connectivity index (χ3n) is 2.79. The first kappa shape index (κ1) is 15.4. The fraction of sp³-hybridized carbons (Fsp3) is 0.200. The average Bonchev–Trinajstić information content (AvgIpc) is 2.49. The Hall–Kier alpha value is -2.96. The van der Waals surface area contributed by atoms with Gasteiger partial charge in [0, 0.05) is 44.7 Å². The maximum Gasteiger partial charge on any atom is 0.308 e. The Morgan fingerprint density at radius 3 is 2.82 bits per heavy atom. The zero-order valence-corrected chi connectivity index (χ0v) is 12.0. The number of carbonyl (C=O) groups is 2. The summed E-state index contributed by atoms with van der Waals surface area (Å²) in [5, 5.41) is 2.70. The van der Waals surface area contributed by atoms with Gasteiger partial charge in [0.2, 0.25) is 0 Å². The van der Waals surface area contributed by atoms with Crippen LogP contribution in [-0.4, -0.2) is 28.0 Å². The summed E-state index contributed by atoms with van der Waals surface area (Å²) < 4.78 is 6.23. The summed E-state index contributed by atoms with van der Waals surface area (Å²) in [4.78, 5) is 38.3. The fourth-order valence-electron chi connectivity index (χ4n) is 1.79. The number of ether oxygens (including phenoxy) is 1. The molecule has 2 rings (SSSR count). The molecule has 0 atom stereocenters. The summed E-state index contributed by atoms with van der Waals surface area (Å²) in [6, 6.07) is 6.08. The summed E-state index contributed by atoms with van der Waals surface area (Å²) in [6.45, 7) is 1.87. The molecule has 0 aromatic carbocycles. The second-order valence-corrected chi connectivity index (χ2v) is 4.49. The van der Waals surface area contributed by atoms with E-state index in [1.807, 2.05) is 0 Å². The topological polar surface area (TPSA) is 90.3 Å². The Morgan fingerprint density at radius 2 is 2.18 bits per heavy atom. The molecule has 0 spiro atoms. The summed E-state index contributed by atoms with van der Waals surface area (Å²) in [7, 11) is 0. The largest absolute Gasteiger partial charge is 0.426 e. The SMILES string of the molecule is CC(=O)Oc1ccn(CCNC(=O)c2cccnc2)c(=O)c1. The summed E-state index contributed by atoms with van der Waals surface area (Å²) in [5.41, 5.74) is 0.148. The van der Waals surface area contributed by atoms with Crippen molar-refractivity contribution in [2.75, 3.05) is 6.54 Å². The second kappa shape index (κ2) is 7.16. The number of pyridine rings is 2. The Kier molecular flexibility index (Phi) is 5.02. The van der Waals surface area contributed by atoms with E-state index >= 15 is 0 Å². The van der Waals surface area contributed by atoms with Crippen LogP contribution in [0.25, 0.3) is 0 Å². The van der Waals surface area contributed by atoms with Crippen molar-refractivity contribution in [2.24, 2.45) is 0 Å². The lowest BCUT2D eigenvalue weighted by molar-refractivity contribution is -0.131. The van der Waals surface area contributed by atoms with Crippen molar-refractivity contribution in [1.29, 1.82) is 0 Å². The molecule has 0 radical (unpaired) electrons. The predicted molar refractivity (Wildman–Crippen MR) is 78.6 cm³/mol. The lowest BCUT2D eigenvalue weighted by Gasteiger charge is -2.08. The molecule has 0 aliphatic carbocycles. The molecule has 2 aromatic heterocycles. The molecule has 0 aliphatic rings. The molecule has 0 bridgehead atoms. The average molecular weight is 301 g/mol. The van der Waals surface area contributed by atoms with Crippen molar-refractivity contribution in [3.8, 4) is 5.75 Å². The molecule has 1 amide bonds. The van der Waals surface area contributed by atoms with Gasteiger partial charge in [-0.25, -0.2) is 0 Å². The highest BCUT2D eigenvalue weighted by Gasteiger charge is 2.05. The molecule has 0 aliphatic heterocycles. The number of aromatic nitrogens is 2. The lowest BCUT2D eigenvalue weighted by atomic mass is 10.3. The van der Waals surface area contributed by atoms with Gasteiger partial charge in [0.1, 0.15) is 5.75 Å². The third-order valence-corrected chi connectivity index (χ3v) is 2.79. The van der Waals surface area contributed by atoms with Crippen LogP contribution in [0.4, 0.5) is 0 Å². The Morgan fingerprint density at radius 1 is 1.36 bits per heavy atom. The van der Waals surface area contributed by atoms with E-state index in [0.29, 0.717) is 18.7 Å². The van der Waals surface area contributed by atoms with Crippen molar-refractivity contribution in [3.63, 3.8) is 0 Å². The van der Waals surface area contributed by atoms with Gasteiger partial charge in [0.15, 0.2) is 0 Å². The van der Waals surface area contributed by atoms with E-state index in [9.17, 15) is 14.4 Å². The van der Waals surface area contributed by atoms with Crippen molar-refractivity contribution in [3.05, 3.63) is 58.8 Å². The molecular weight excluding hydrogens is 286 g/mol. The molecule has 0 fully saturated rings. The first-order chi connectivity index (χ1) is 10.6. The lowest BCUT2D eigenvalue weighted by Crippen LogP contribution is -2.30. The minimum Gasteiger partial charge on any atom is -0.426 e. The highest BCUT2D eigenvalue weighted by molar-refractivity contribution is 5.93. The van der Waals surface area contributed by atoms with Crippen LogP contribution < -0.4 is 15.6 Å². The van der Waals surface area contributed by atoms with E-state index < -0.39 is 5.97 Å². The van der Waals surface area contributed by atoms with Crippen LogP contribution in [0.15, 0.2) is 47.7 Å². The minimum atomic E-state index is -0.485. The molecule has 114 valence electrons. The van der Waals surface area contributed by atoms with Crippen LogP contribution in [0.1, 0.15) is 17.3 Å². The molecule has 2 aromatic rings. The number of hydrogen-bond donors (Lipinski definition) is 1. The van der Waals surface area contributed by atoms with Gasteiger partial charge in [-0.05, 0) is 18.2 Å². The van der Waals surface area contributed by atoms with E-state index in [4.69, 9.17) is 4.74 Å². The normalized spacial score (nSPS) is 10.0. The van der Waals surface area contributed by atoms with Crippen molar-refractivity contribution >= 4 is 11.9 Å². The van der Waals surface area contributed by atoms with Crippen LogP contribution in [0.2, 0.25) is 0 Å². The number of nitrogens with one attached hydrogen (secondary N) is 1. The maximum absolute atomic E-state index is 11.8. The van der Waals surface area contributed by atoms with Gasteiger partial charge in [0.05, 0.1) is 5.56 Å². The molecular formula is C15H15N3O4.